The zero-order valence-electron chi connectivity index (χ0n) is 11.9. The lowest BCUT2D eigenvalue weighted by Gasteiger charge is -2.06. The molecule has 0 aliphatic rings. The third kappa shape index (κ3) is 2.79. The van der Waals surface area contributed by atoms with E-state index in [4.69, 9.17) is 4.74 Å². The highest BCUT2D eigenvalue weighted by molar-refractivity contribution is 5.91. The first-order valence-corrected chi connectivity index (χ1v) is 7.04. The van der Waals surface area contributed by atoms with Gasteiger partial charge >= 0.3 is 5.97 Å². The fourth-order valence-corrected chi connectivity index (χ4v) is 2.38. The third-order valence-electron chi connectivity index (χ3n) is 3.48. The van der Waals surface area contributed by atoms with Crippen molar-refractivity contribution in [2.75, 3.05) is 6.61 Å². The molecule has 0 fully saturated rings. The van der Waals surface area contributed by atoms with Gasteiger partial charge in [0.15, 0.2) is 0 Å². The van der Waals surface area contributed by atoms with Gasteiger partial charge in [0.25, 0.3) is 0 Å². The van der Waals surface area contributed by atoms with Gasteiger partial charge in [-0.05, 0) is 47.0 Å². The lowest BCUT2D eigenvalue weighted by atomic mass is 10.0. The van der Waals surface area contributed by atoms with Crippen LogP contribution in [-0.2, 0) is 4.74 Å². The van der Waals surface area contributed by atoms with Crippen molar-refractivity contribution in [1.29, 1.82) is 0 Å². The van der Waals surface area contributed by atoms with Gasteiger partial charge in [0.2, 0.25) is 0 Å². The minimum absolute atomic E-state index is 0.275. The Morgan fingerprint density at radius 2 is 1.52 bits per heavy atom. The highest BCUT2D eigenvalue weighted by atomic mass is 16.5. The summed E-state index contributed by atoms with van der Waals surface area (Å²) < 4.78 is 4.99. The topological polar surface area (TPSA) is 26.3 Å². The van der Waals surface area contributed by atoms with Crippen molar-refractivity contribution in [1.82, 2.24) is 0 Å². The van der Waals surface area contributed by atoms with Crippen molar-refractivity contribution in [3.63, 3.8) is 0 Å². The maximum absolute atomic E-state index is 11.6. The summed E-state index contributed by atoms with van der Waals surface area (Å²) in [4.78, 5) is 11.6. The molecule has 3 aromatic carbocycles. The van der Waals surface area contributed by atoms with Crippen molar-refractivity contribution in [3.05, 3.63) is 72.3 Å². The molecule has 0 aliphatic heterocycles. The molecule has 0 saturated heterocycles. The Morgan fingerprint density at radius 3 is 2.24 bits per heavy atom. The monoisotopic (exact) mass is 276 g/mol. The molecule has 0 atom stereocenters. The third-order valence-corrected chi connectivity index (χ3v) is 3.48. The molecule has 21 heavy (non-hydrogen) atoms. The molecule has 2 nitrogen and oxygen atoms in total. The van der Waals surface area contributed by atoms with E-state index in [1.165, 1.54) is 10.8 Å². The molecular weight excluding hydrogens is 260 g/mol. The number of carbonyl (C=O) groups is 1. The lowest BCUT2D eigenvalue weighted by Crippen LogP contribution is -2.03. The first-order valence-electron chi connectivity index (χ1n) is 7.04. The number of ether oxygens (including phenoxy) is 1. The van der Waals surface area contributed by atoms with Crippen LogP contribution in [0.4, 0.5) is 0 Å². The van der Waals surface area contributed by atoms with Gasteiger partial charge in [-0.3, -0.25) is 0 Å². The Hall–Kier alpha value is -2.61. The molecule has 0 unspecified atom stereocenters. The highest BCUT2D eigenvalue weighted by Crippen LogP contribution is 2.24. The summed E-state index contributed by atoms with van der Waals surface area (Å²) in [6, 6.07) is 22.2. The van der Waals surface area contributed by atoms with E-state index in [1.807, 2.05) is 36.4 Å². The number of fused-ring (bicyclic) bond motifs is 1. The lowest BCUT2D eigenvalue weighted by molar-refractivity contribution is 0.0526. The Morgan fingerprint density at radius 1 is 0.857 bits per heavy atom. The van der Waals surface area contributed by atoms with Crippen molar-refractivity contribution in [3.8, 4) is 11.1 Å². The predicted octanol–water partition coefficient (Wildman–Crippen LogP) is 4.68. The van der Waals surface area contributed by atoms with E-state index in [2.05, 4.69) is 30.3 Å². The highest BCUT2D eigenvalue weighted by Gasteiger charge is 2.06. The smallest absolute Gasteiger partial charge is 0.338 e. The molecule has 2 heteroatoms. The fourth-order valence-electron chi connectivity index (χ4n) is 2.38. The van der Waals surface area contributed by atoms with Gasteiger partial charge in [-0.25, -0.2) is 4.79 Å². The first-order chi connectivity index (χ1) is 10.3. The van der Waals surface area contributed by atoms with Crippen molar-refractivity contribution < 1.29 is 9.53 Å². The normalized spacial score (nSPS) is 10.5. The van der Waals surface area contributed by atoms with Crippen molar-refractivity contribution in [2.24, 2.45) is 0 Å². The SMILES string of the molecule is CCOC(=O)c1ccc(-c2ccc3ccccc3c2)cc1. The number of hydrogen-bond acceptors (Lipinski definition) is 2. The summed E-state index contributed by atoms with van der Waals surface area (Å²) in [5.41, 5.74) is 2.82. The van der Waals surface area contributed by atoms with E-state index in [-0.39, 0.29) is 5.97 Å². The Kier molecular flexibility index (Phi) is 3.69. The molecule has 0 heterocycles. The summed E-state index contributed by atoms with van der Waals surface area (Å²) in [6.45, 7) is 2.20. The zero-order valence-corrected chi connectivity index (χ0v) is 11.9. The van der Waals surface area contributed by atoms with Crippen LogP contribution in [0.1, 0.15) is 17.3 Å². The van der Waals surface area contributed by atoms with Crippen LogP contribution in [0.3, 0.4) is 0 Å². The van der Waals surface area contributed by atoms with Crippen LogP contribution in [0.25, 0.3) is 21.9 Å². The van der Waals surface area contributed by atoms with E-state index in [0.29, 0.717) is 12.2 Å². The quantitative estimate of drug-likeness (QED) is 0.649. The fraction of sp³-hybridized carbons (Fsp3) is 0.105. The maximum atomic E-state index is 11.6. The molecule has 3 rings (SSSR count). The zero-order chi connectivity index (χ0) is 14.7. The minimum Gasteiger partial charge on any atom is -0.462 e. The molecule has 3 aromatic rings. The van der Waals surface area contributed by atoms with Gasteiger partial charge in [0.1, 0.15) is 0 Å². The summed E-state index contributed by atoms with van der Waals surface area (Å²) in [5, 5.41) is 2.44. The molecule has 0 amide bonds. The second kappa shape index (κ2) is 5.80. The summed E-state index contributed by atoms with van der Waals surface area (Å²) in [5.74, 6) is -0.275. The summed E-state index contributed by atoms with van der Waals surface area (Å²) >= 11 is 0. The Labute approximate surface area is 124 Å². The number of esters is 1. The number of benzene rings is 3. The number of carbonyl (C=O) groups excluding carboxylic acids is 1. The van der Waals surface area contributed by atoms with Gasteiger partial charge in [-0.1, -0.05) is 48.5 Å². The van der Waals surface area contributed by atoms with E-state index in [1.54, 1.807) is 6.92 Å². The Bertz CT molecular complexity index is 773. The average Bonchev–Trinajstić information content (AvgIpc) is 2.55. The standard InChI is InChI=1S/C19H16O2/c1-2-21-19(20)16-10-7-15(8-11-16)18-12-9-14-5-3-4-6-17(14)13-18/h3-13H,2H2,1H3. The molecule has 0 spiro atoms. The van der Waals surface area contributed by atoms with Gasteiger partial charge < -0.3 is 4.74 Å². The Balaban J connectivity index is 1.93. The summed E-state index contributed by atoms with van der Waals surface area (Å²) in [6.07, 6.45) is 0. The van der Waals surface area contributed by atoms with Crippen LogP contribution < -0.4 is 0 Å². The van der Waals surface area contributed by atoms with Gasteiger partial charge in [0, 0.05) is 0 Å². The molecular formula is C19H16O2. The molecule has 0 aromatic heterocycles. The number of hydrogen-bond donors (Lipinski definition) is 0. The number of rotatable bonds is 3. The van der Waals surface area contributed by atoms with Crippen molar-refractivity contribution >= 4 is 16.7 Å². The summed E-state index contributed by atoms with van der Waals surface area (Å²) in [7, 11) is 0. The molecule has 104 valence electrons. The van der Waals surface area contributed by atoms with Gasteiger partial charge in [0.05, 0.1) is 12.2 Å². The van der Waals surface area contributed by atoms with Crippen LogP contribution in [-0.4, -0.2) is 12.6 Å². The molecule has 0 aliphatic carbocycles. The second-order valence-corrected chi connectivity index (χ2v) is 4.86. The van der Waals surface area contributed by atoms with Gasteiger partial charge in [-0.2, -0.15) is 0 Å². The van der Waals surface area contributed by atoms with E-state index >= 15 is 0 Å². The maximum Gasteiger partial charge on any atom is 0.338 e. The first kappa shape index (κ1) is 13.4. The molecule has 0 N–H and O–H groups in total. The van der Waals surface area contributed by atoms with Crippen LogP contribution in [0.15, 0.2) is 66.7 Å². The average molecular weight is 276 g/mol. The van der Waals surface area contributed by atoms with E-state index in [9.17, 15) is 4.79 Å². The molecule has 0 bridgehead atoms. The van der Waals surface area contributed by atoms with E-state index in [0.717, 1.165) is 11.1 Å². The van der Waals surface area contributed by atoms with Crippen molar-refractivity contribution in [2.45, 2.75) is 6.92 Å². The second-order valence-electron chi connectivity index (χ2n) is 4.86. The van der Waals surface area contributed by atoms with E-state index < -0.39 is 0 Å². The molecule has 0 radical (unpaired) electrons. The van der Waals surface area contributed by atoms with Crippen LogP contribution in [0.2, 0.25) is 0 Å². The van der Waals surface area contributed by atoms with Crippen LogP contribution in [0.5, 0.6) is 0 Å². The molecule has 0 saturated carbocycles. The van der Waals surface area contributed by atoms with Gasteiger partial charge in [-0.15, -0.1) is 0 Å². The predicted molar refractivity (Wildman–Crippen MR) is 85.3 cm³/mol. The largest absolute Gasteiger partial charge is 0.462 e. The minimum atomic E-state index is -0.275. The van der Waals surface area contributed by atoms with Crippen LogP contribution >= 0.6 is 0 Å². The van der Waals surface area contributed by atoms with Crippen LogP contribution in [0, 0.1) is 0 Å².